The summed E-state index contributed by atoms with van der Waals surface area (Å²) in [4.78, 5) is 20.1. The third kappa shape index (κ3) is 8.38. The summed E-state index contributed by atoms with van der Waals surface area (Å²) in [7, 11) is 0. The Morgan fingerprint density at radius 1 is 0.750 bits per heavy atom. The molecular weight excluding hydrogens is 308 g/mol. The number of carbonyl (C=O) groups excluding carboxylic acids is 2. The zero-order valence-electron chi connectivity index (χ0n) is 12.1. The Bertz CT molecular complexity index is 258. The van der Waals surface area contributed by atoms with Gasteiger partial charge in [0.05, 0.1) is 0 Å². The molecule has 0 aliphatic rings. The number of carboxylic acid groups (broad SMARTS) is 2. The van der Waals surface area contributed by atoms with Crippen LogP contribution in [0, 0.1) is 0 Å². The van der Waals surface area contributed by atoms with Gasteiger partial charge in [0.25, 0.3) is 0 Å². The predicted octanol–water partition coefficient (Wildman–Crippen LogP) is -2.81. The van der Waals surface area contributed by atoms with E-state index in [0.717, 1.165) is 0 Å². The van der Waals surface area contributed by atoms with Gasteiger partial charge in [-0.3, -0.25) is 0 Å². The SMILES string of the molecule is CCC([O-])(CC)C(=O)[O-].CCC([O-])(CC)C(=O)[O-].[O]=[Cr]. The minimum atomic E-state index is -1.86. The van der Waals surface area contributed by atoms with Crippen molar-refractivity contribution >= 4 is 11.9 Å². The summed E-state index contributed by atoms with van der Waals surface area (Å²) in [6, 6.07) is 0. The van der Waals surface area contributed by atoms with Crippen LogP contribution in [-0.4, -0.2) is 23.1 Å². The third-order valence-corrected chi connectivity index (χ3v) is 3.03. The van der Waals surface area contributed by atoms with Crippen molar-refractivity contribution in [2.24, 2.45) is 0 Å². The van der Waals surface area contributed by atoms with E-state index in [0.29, 0.717) is 0 Å². The van der Waals surface area contributed by atoms with E-state index in [2.05, 4.69) is 0 Å². The van der Waals surface area contributed by atoms with E-state index in [4.69, 9.17) is 3.80 Å². The molecule has 0 radical (unpaired) electrons. The van der Waals surface area contributed by atoms with Gasteiger partial charge in [0, 0.05) is 11.9 Å². The normalized spacial score (nSPS) is 10.5. The molecule has 0 aliphatic heterocycles. The Labute approximate surface area is 127 Å². The van der Waals surface area contributed by atoms with Gasteiger partial charge in [0.15, 0.2) is 0 Å². The Morgan fingerprint density at radius 3 is 0.900 bits per heavy atom. The van der Waals surface area contributed by atoms with Gasteiger partial charge in [-0.05, 0) is 0 Å². The van der Waals surface area contributed by atoms with Crippen LogP contribution < -0.4 is 20.4 Å². The summed E-state index contributed by atoms with van der Waals surface area (Å²) >= 11 is 1.38. The van der Waals surface area contributed by atoms with Gasteiger partial charge < -0.3 is 30.0 Å². The monoisotopic (exact) mass is 328 g/mol. The van der Waals surface area contributed by atoms with Gasteiger partial charge in [-0.2, -0.15) is 0 Å². The van der Waals surface area contributed by atoms with Gasteiger partial charge >= 0.3 is 20.0 Å². The number of aliphatic carboxylic acids is 2. The summed E-state index contributed by atoms with van der Waals surface area (Å²) in [6.07, 6.45) is 0.356. The average molecular weight is 328 g/mol. The number of hydrogen-bond donors (Lipinski definition) is 0. The van der Waals surface area contributed by atoms with Crippen molar-refractivity contribution in [3.8, 4) is 0 Å². The maximum atomic E-state index is 10.9. The van der Waals surface area contributed by atoms with Gasteiger partial charge in [-0.15, -0.1) is 0 Å². The van der Waals surface area contributed by atoms with Crippen LogP contribution in [-0.2, 0) is 29.6 Å². The number of carboxylic acids is 2. The molecule has 0 saturated heterocycles. The van der Waals surface area contributed by atoms with E-state index in [1.807, 2.05) is 0 Å². The van der Waals surface area contributed by atoms with Crippen molar-refractivity contribution in [2.45, 2.75) is 64.6 Å². The van der Waals surface area contributed by atoms with E-state index in [1.54, 1.807) is 27.7 Å². The summed E-state index contributed by atoms with van der Waals surface area (Å²) in [5.41, 5.74) is -3.72. The summed E-state index contributed by atoms with van der Waals surface area (Å²) < 4.78 is 8.12. The number of carbonyl (C=O) groups is 2. The van der Waals surface area contributed by atoms with Crippen molar-refractivity contribution in [1.29, 1.82) is 0 Å². The molecule has 120 valence electrons. The van der Waals surface area contributed by atoms with Crippen LogP contribution in [0.2, 0.25) is 0 Å². The molecule has 0 atom stereocenters. The molecule has 7 nitrogen and oxygen atoms in total. The van der Waals surface area contributed by atoms with E-state index < -0.39 is 23.1 Å². The van der Waals surface area contributed by atoms with E-state index in [1.165, 1.54) is 16.2 Å². The molecule has 0 unspecified atom stereocenters. The number of rotatable bonds is 6. The standard InChI is InChI=1S/2C6H11O3.Cr.O/c2*1-3-6(9,4-2)5(7)8;;/h2*3-4H2,1-2H3,(H,7,8);;/q2*-1;;/p-2. The Balaban J connectivity index is -0.000000257. The van der Waals surface area contributed by atoms with Gasteiger partial charge in [-0.25, -0.2) is 0 Å². The zero-order chi connectivity index (χ0) is 17.0. The molecule has 20 heavy (non-hydrogen) atoms. The first-order valence-corrected chi connectivity index (χ1v) is 6.65. The van der Waals surface area contributed by atoms with Crippen LogP contribution >= 0.6 is 0 Å². The molecule has 8 heteroatoms. The topological polar surface area (TPSA) is 143 Å². The van der Waals surface area contributed by atoms with E-state index in [9.17, 15) is 30.0 Å². The molecule has 0 N–H and O–H groups in total. The second-order valence-electron chi connectivity index (χ2n) is 3.98. The van der Waals surface area contributed by atoms with Crippen molar-refractivity contribution in [2.75, 3.05) is 0 Å². The fourth-order valence-corrected chi connectivity index (χ4v) is 1.08. The van der Waals surface area contributed by atoms with E-state index >= 15 is 0 Å². The molecule has 0 spiro atoms. The molecule has 0 bridgehead atoms. The minimum absolute atomic E-state index is 0.0891. The molecule has 0 fully saturated rings. The quantitative estimate of drug-likeness (QED) is 0.512. The van der Waals surface area contributed by atoms with Crippen molar-refractivity contribution in [3.05, 3.63) is 0 Å². The maximum absolute atomic E-state index is 10.9. The summed E-state index contributed by atoms with van der Waals surface area (Å²) in [5.74, 6) is -2.99. The Kier molecular flexibility index (Phi) is 14.5. The second-order valence-corrected chi connectivity index (χ2v) is 3.98. The molecule has 0 aromatic heterocycles. The molecule has 0 amide bonds. The fourth-order valence-electron chi connectivity index (χ4n) is 1.08. The first kappa shape index (κ1) is 24.2. The van der Waals surface area contributed by atoms with Crippen molar-refractivity contribution < 1.29 is 50.0 Å². The first-order chi connectivity index (χ1) is 9.13. The summed E-state index contributed by atoms with van der Waals surface area (Å²) in [6.45, 7) is 6.19. The molecule has 0 saturated carbocycles. The fraction of sp³-hybridized carbons (Fsp3) is 0.833. The third-order valence-electron chi connectivity index (χ3n) is 3.03. The van der Waals surface area contributed by atoms with Crippen LogP contribution in [0.15, 0.2) is 0 Å². The van der Waals surface area contributed by atoms with Crippen LogP contribution in [0.1, 0.15) is 53.4 Å². The number of hydrogen-bond acceptors (Lipinski definition) is 7. The van der Waals surface area contributed by atoms with Gasteiger partial charge in [0.2, 0.25) is 0 Å². The average Bonchev–Trinajstić information content (AvgIpc) is 2.47. The van der Waals surface area contributed by atoms with Crippen LogP contribution in [0.4, 0.5) is 0 Å². The molecular formula is C12H20CrO7-4. The first-order valence-electron chi connectivity index (χ1n) is 6.13. The molecule has 0 aromatic carbocycles. The second kappa shape index (κ2) is 12.0. The van der Waals surface area contributed by atoms with Crippen LogP contribution in [0.5, 0.6) is 0 Å². The Morgan fingerprint density at radius 2 is 0.900 bits per heavy atom. The van der Waals surface area contributed by atoms with Crippen LogP contribution in [0.3, 0.4) is 0 Å². The van der Waals surface area contributed by atoms with Crippen molar-refractivity contribution in [3.63, 3.8) is 0 Å². The van der Waals surface area contributed by atoms with Gasteiger partial charge in [-0.1, -0.05) is 64.6 Å². The van der Waals surface area contributed by atoms with E-state index in [-0.39, 0.29) is 25.7 Å². The van der Waals surface area contributed by atoms with Crippen LogP contribution in [0.25, 0.3) is 0 Å². The predicted molar refractivity (Wildman–Crippen MR) is 57.3 cm³/mol. The molecule has 0 rings (SSSR count). The van der Waals surface area contributed by atoms with Gasteiger partial charge in [0.1, 0.15) is 0 Å². The van der Waals surface area contributed by atoms with Crippen molar-refractivity contribution in [1.82, 2.24) is 0 Å². The molecule has 0 heterocycles. The Hall–Kier alpha value is -0.808. The molecule has 0 aromatic rings. The zero-order valence-corrected chi connectivity index (χ0v) is 13.4. The summed E-state index contributed by atoms with van der Waals surface area (Å²) in [5, 5.41) is 41.9. The molecule has 0 aliphatic carbocycles.